The standard InChI is InChI=1S/C34H42N6O8S/c1-20(2)49(43,44)23-14-12-22(13-15-23)25-19-36-28(40(31(41)47-33(3,4)5)32(42)48-34(6,7)8)27(37-25)30-39-38-29(46-30)24-16-11-21(18-35-9)17-26(24)45-10/h11-17,19-20,35H,18H2,1-10H3. The molecule has 0 bridgehead atoms. The number of anilines is 1. The van der Waals surface area contributed by atoms with E-state index in [1.807, 2.05) is 19.2 Å². The number of hydrogen-bond acceptors (Lipinski definition) is 13. The predicted molar refractivity (Wildman–Crippen MR) is 183 cm³/mol. The van der Waals surface area contributed by atoms with Gasteiger partial charge in [0, 0.05) is 12.1 Å². The first-order chi connectivity index (χ1) is 22.8. The molecule has 0 aliphatic rings. The minimum absolute atomic E-state index is 0.0744. The Morgan fingerprint density at radius 2 is 1.51 bits per heavy atom. The molecule has 2 amide bonds. The lowest BCUT2D eigenvalue weighted by Crippen LogP contribution is -2.44. The Bertz CT molecular complexity index is 1900. The van der Waals surface area contributed by atoms with Crippen molar-refractivity contribution in [3.63, 3.8) is 0 Å². The van der Waals surface area contributed by atoms with Crippen LogP contribution < -0.4 is 15.0 Å². The van der Waals surface area contributed by atoms with Crippen LogP contribution in [-0.4, -0.2) is 71.4 Å². The summed E-state index contributed by atoms with van der Waals surface area (Å²) >= 11 is 0. The molecule has 0 atom stereocenters. The second kappa shape index (κ2) is 14.3. The van der Waals surface area contributed by atoms with Gasteiger partial charge in [0.15, 0.2) is 21.3 Å². The van der Waals surface area contributed by atoms with E-state index in [1.165, 1.54) is 25.4 Å². The summed E-state index contributed by atoms with van der Waals surface area (Å²) in [6, 6.07) is 11.6. The molecule has 49 heavy (non-hydrogen) atoms. The quantitative estimate of drug-likeness (QED) is 0.203. The van der Waals surface area contributed by atoms with Crippen molar-refractivity contribution in [1.82, 2.24) is 25.5 Å². The molecule has 0 saturated carbocycles. The maximum absolute atomic E-state index is 13.6. The second-order valence-electron chi connectivity index (χ2n) is 13.3. The van der Waals surface area contributed by atoms with Gasteiger partial charge in [-0.15, -0.1) is 10.2 Å². The van der Waals surface area contributed by atoms with Crippen LogP contribution in [0.4, 0.5) is 15.4 Å². The Labute approximate surface area is 286 Å². The molecule has 0 saturated heterocycles. The van der Waals surface area contributed by atoms with E-state index in [0.29, 0.717) is 28.3 Å². The normalized spacial score (nSPS) is 12.1. The summed E-state index contributed by atoms with van der Waals surface area (Å²) in [6.45, 7) is 13.7. The van der Waals surface area contributed by atoms with Gasteiger partial charge in [-0.2, -0.15) is 4.90 Å². The molecule has 262 valence electrons. The van der Waals surface area contributed by atoms with Crippen molar-refractivity contribution in [3.8, 4) is 40.0 Å². The molecule has 2 aromatic heterocycles. The minimum Gasteiger partial charge on any atom is -0.496 e. The number of hydrogen-bond donors (Lipinski definition) is 1. The van der Waals surface area contributed by atoms with Crippen molar-refractivity contribution >= 4 is 27.8 Å². The van der Waals surface area contributed by atoms with E-state index >= 15 is 0 Å². The summed E-state index contributed by atoms with van der Waals surface area (Å²) in [6.07, 6.45) is -0.822. The van der Waals surface area contributed by atoms with E-state index in [2.05, 4.69) is 20.5 Å². The molecule has 4 rings (SSSR count). The van der Waals surface area contributed by atoms with E-state index in [0.717, 1.165) is 5.56 Å². The topological polar surface area (TPSA) is 176 Å². The average molecular weight is 695 g/mol. The first kappa shape index (κ1) is 36.9. The van der Waals surface area contributed by atoms with Gasteiger partial charge in [0.1, 0.15) is 17.0 Å². The summed E-state index contributed by atoms with van der Waals surface area (Å²) in [7, 11) is -0.174. The number of carbonyl (C=O) groups excluding carboxylic acids is 2. The van der Waals surface area contributed by atoms with Gasteiger partial charge in [0.2, 0.25) is 0 Å². The molecule has 0 radical (unpaired) electrons. The summed E-state index contributed by atoms with van der Waals surface area (Å²) in [4.78, 5) is 37.1. The maximum atomic E-state index is 13.6. The first-order valence-corrected chi connectivity index (χ1v) is 17.0. The SMILES string of the molecule is CNCc1ccc(-c2nnc(-c3nc(-c4ccc(S(=O)(=O)C(C)C)cc4)cnc3N(C(=O)OC(C)(C)C)C(=O)OC(C)(C)C)o2)c(OC)c1. The molecule has 2 aromatic carbocycles. The molecular weight excluding hydrogens is 652 g/mol. The predicted octanol–water partition coefficient (Wildman–Crippen LogP) is 6.45. The molecule has 0 aliphatic carbocycles. The van der Waals surface area contributed by atoms with Crippen molar-refractivity contribution in [1.29, 1.82) is 0 Å². The molecule has 0 unspecified atom stereocenters. The van der Waals surface area contributed by atoms with Gasteiger partial charge in [-0.25, -0.2) is 28.0 Å². The highest BCUT2D eigenvalue weighted by molar-refractivity contribution is 7.92. The Morgan fingerprint density at radius 1 is 0.918 bits per heavy atom. The number of nitrogens with zero attached hydrogens (tertiary/aromatic N) is 5. The average Bonchev–Trinajstić information content (AvgIpc) is 3.49. The molecule has 0 fully saturated rings. The number of rotatable bonds is 9. The Balaban J connectivity index is 1.92. The van der Waals surface area contributed by atoms with Crippen LogP contribution in [0.2, 0.25) is 0 Å². The monoisotopic (exact) mass is 694 g/mol. The second-order valence-corrected chi connectivity index (χ2v) is 15.8. The van der Waals surface area contributed by atoms with E-state index in [1.54, 1.807) is 73.6 Å². The zero-order chi connectivity index (χ0) is 36.3. The number of aromatic nitrogens is 4. The van der Waals surface area contributed by atoms with Crippen molar-refractivity contribution in [2.24, 2.45) is 0 Å². The minimum atomic E-state index is -3.52. The van der Waals surface area contributed by atoms with Crippen LogP contribution in [0.3, 0.4) is 0 Å². The Kier molecular flexibility index (Phi) is 10.8. The molecule has 4 aromatic rings. The zero-order valence-electron chi connectivity index (χ0n) is 29.3. The van der Waals surface area contributed by atoms with Gasteiger partial charge in [0.05, 0.1) is 34.7 Å². The van der Waals surface area contributed by atoms with Gasteiger partial charge >= 0.3 is 12.2 Å². The third-order valence-electron chi connectivity index (χ3n) is 6.72. The van der Waals surface area contributed by atoms with Crippen LogP contribution in [0.5, 0.6) is 5.75 Å². The fourth-order valence-electron chi connectivity index (χ4n) is 4.43. The van der Waals surface area contributed by atoms with Gasteiger partial charge in [0.25, 0.3) is 11.8 Å². The maximum Gasteiger partial charge on any atom is 0.425 e. The van der Waals surface area contributed by atoms with E-state index in [4.69, 9.17) is 23.6 Å². The highest BCUT2D eigenvalue weighted by atomic mass is 32.2. The van der Waals surface area contributed by atoms with Crippen molar-refractivity contribution in [3.05, 3.63) is 54.2 Å². The van der Waals surface area contributed by atoms with E-state index in [-0.39, 0.29) is 33.9 Å². The van der Waals surface area contributed by atoms with Crippen LogP contribution in [0.15, 0.2) is 58.0 Å². The van der Waals surface area contributed by atoms with Crippen LogP contribution in [0.1, 0.15) is 61.0 Å². The molecule has 0 spiro atoms. The largest absolute Gasteiger partial charge is 0.496 e. The summed E-state index contributed by atoms with van der Waals surface area (Å²) < 4.78 is 48.3. The number of ether oxygens (including phenoxy) is 3. The number of methoxy groups -OCH3 is 1. The number of sulfone groups is 1. The van der Waals surface area contributed by atoms with Gasteiger partial charge in [-0.3, -0.25) is 0 Å². The third kappa shape index (κ3) is 8.78. The van der Waals surface area contributed by atoms with Gasteiger partial charge < -0.3 is 23.9 Å². The molecule has 14 nitrogen and oxygen atoms in total. The Morgan fingerprint density at radius 3 is 2.04 bits per heavy atom. The zero-order valence-corrected chi connectivity index (χ0v) is 30.1. The molecule has 15 heteroatoms. The smallest absolute Gasteiger partial charge is 0.425 e. The fourth-order valence-corrected chi connectivity index (χ4v) is 5.49. The van der Waals surface area contributed by atoms with E-state index in [9.17, 15) is 18.0 Å². The highest BCUT2D eigenvalue weighted by Crippen LogP contribution is 2.36. The summed E-state index contributed by atoms with van der Waals surface area (Å²) in [5, 5.41) is 10.9. The molecule has 1 N–H and O–H groups in total. The third-order valence-corrected chi connectivity index (χ3v) is 8.89. The summed E-state index contributed by atoms with van der Waals surface area (Å²) in [5.41, 5.74) is 0.0800. The molecular formula is C34H42N6O8S. The molecule has 0 aliphatic heterocycles. The van der Waals surface area contributed by atoms with Gasteiger partial charge in [-0.05, 0) is 92.3 Å². The van der Waals surface area contributed by atoms with Gasteiger partial charge in [-0.1, -0.05) is 18.2 Å². The first-order valence-electron chi connectivity index (χ1n) is 15.5. The fraction of sp³-hybridized carbons (Fsp3) is 0.412. The number of carbonyl (C=O) groups is 2. The Hall–Kier alpha value is -4.89. The lowest BCUT2D eigenvalue weighted by molar-refractivity contribution is 0.0429. The van der Waals surface area contributed by atoms with Crippen LogP contribution >= 0.6 is 0 Å². The van der Waals surface area contributed by atoms with Crippen molar-refractivity contribution < 1.29 is 36.6 Å². The lowest BCUT2D eigenvalue weighted by atomic mass is 10.1. The lowest BCUT2D eigenvalue weighted by Gasteiger charge is -2.28. The highest BCUT2D eigenvalue weighted by Gasteiger charge is 2.37. The van der Waals surface area contributed by atoms with Crippen molar-refractivity contribution in [2.45, 2.75) is 83.3 Å². The number of amides is 2. The van der Waals surface area contributed by atoms with Crippen LogP contribution in [-0.2, 0) is 25.9 Å². The molecule has 2 heterocycles. The number of nitrogens with one attached hydrogen (secondary N) is 1. The number of imide groups is 1. The van der Waals surface area contributed by atoms with Crippen LogP contribution in [0, 0.1) is 0 Å². The summed E-state index contributed by atoms with van der Waals surface area (Å²) in [5.74, 6) is 0.0727. The van der Waals surface area contributed by atoms with Crippen LogP contribution in [0.25, 0.3) is 34.3 Å². The van der Waals surface area contributed by atoms with E-state index < -0.39 is 38.5 Å². The number of benzene rings is 2. The van der Waals surface area contributed by atoms with Crippen molar-refractivity contribution in [2.75, 3.05) is 19.1 Å².